The van der Waals surface area contributed by atoms with E-state index in [-0.39, 0.29) is 15.6 Å². The number of anilines is 1. The molecule has 20 heavy (non-hydrogen) atoms. The standard InChI is InChI=1S/C12H12INO2.C3H9N/c1-7(15)14-9-3-4-10-8(6-9)2-5-11(13)12(10)16;1-4(2)3/h3-4,6,11H,2,5H2,1H3,(H,14,15);1-3H3. The van der Waals surface area contributed by atoms with Crippen LogP contribution in [0.2, 0.25) is 0 Å². The molecular weight excluding hydrogens is 367 g/mol. The molecule has 1 aliphatic rings. The van der Waals surface area contributed by atoms with Gasteiger partial charge in [0.25, 0.3) is 0 Å². The second-order valence-electron chi connectivity index (χ2n) is 5.27. The van der Waals surface area contributed by atoms with Crippen LogP contribution in [0.25, 0.3) is 0 Å². The summed E-state index contributed by atoms with van der Waals surface area (Å²) in [5.41, 5.74) is 2.62. The first-order valence-corrected chi connectivity index (χ1v) is 7.75. The number of amides is 1. The number of fused-ring (bicyclic) bond motifs is 1. The van der Waals surface area contributed by atoms with Crippen molar-refractivity contribution in [3.63, 3.8) is 0 Å². The van der Waals surface area contributed by atoms with Crippen molar-refractivity contribution in [3.8, 4) is 0 Å². The van der Waals surface area contributed by atoms with E-state index in [1.54, 1.807) is 6.07 Å². The van der Waals surface area contributed by atoms with Gasteiger partial charge < -0.3 is 10.2 Å². The number of benzene rings is 1. The zero-order valence-corrected chi connectivity index (χ0v) is 14.5. The third kappa shape index (κ3) is 5.20. The SMILES string of the molecule is CC(=O)Nc1ccc2c(c1)CCC(I)C2=O.CN(C)C. The molecule has 0 radical (unpaired) electrons. The van der Waals surface area contributed by atoms with Crippen molar-refractivity contribution in [2.24, 2.45) is 0 Å². The summed E-state index contributed by atoms with van der Waals surface area (Å²) in [7, 11) is 6.00. The Morgan fingerprint density at radius 2 is 1.95 bits per heavy atom. The molecule has 0 fully saturated rings. The molecule has 1 amide bonds. The number of halogens is 1. The van der Waals surface area contributed by atoms with Crippen molar-refractivity contribution in [2.45, 2.75) is 23.7 Å². The monoisotopic (exact) mass is 388 g/mol. The lowest BCUT2D eigenvalue weighted by molar-refractivity contribution is -0.114. The fourth-order valence-electron chi connectivity index (χ4n) is 1.90. The molecule has 5 heteroatoms. The highest BCUT2D eigenvalue weighted by molar-refractivity contribution is 14.1. The molecule has 1 aromatic rings. The normalized spacial score (nSPS) is 17.1. The fourth-order valence-corrected chi connectivity index (χ4v) is 2.55. The van der Waals surface area contributed by atoms with Gasteiger partial charge in [0.1, 0.15) is 0 Å². The van der Waals surface area contributed by atoms with E-state index in [0.717, 1.165) is 29.7 Å². The van der Waals surface area contributed by atoms with E-state index in [4.69, 9.17) is 0 Å². The summed E-state index contributed by atoms with van der Waals surface area (Å²) in [6, 6.07) is 5.50. The average Bonchev–Trinajstić information content (AvgIpc) is 2.32. The Labute approximate surface area is 134 Å². The number of Topliss-reactive ketones (excluding diaryl/α,β-unsaturated/α-hetero) is 1. The van der Waals surface area contributed by atoms with Crippen molar-refractivity contribution in [3.05, 3.63) is 29.3 Å². The Kier molecular flexibility index (Phi) is 6.61. The van der Waals surface area contributed by atoms with Crippen molar-refractivity contribution in [1.29, 1.82) is 0 Å². The van der Waals surface area contributed by atoms with Crippen LogP contribution in [0.1, 0.15) is 29.3 Å². The number of alkyl halides is 1. The van der Waals surface area contributed by atoms with Gasteiger partial charge in [0, 0.05) is 18.2 Å². The van der Waals surface area contributed by atoms with Crippen molar-refractivity contribution < 1.29 is 9.59 Å². The Hall–Kier alpha value is -0.950. The lowest BCUT2D eigenvalue weighted by atomic mass is 9.90. The third-order valence-electron chi connectivity index (χ3n) is 2.64. The van der Waals surface area contributed by atoms with Gasteiger partial charge in [0.2, 0.25) is 5.91 Å². The summed E-state index contributed by atoms with van der Waals surface area (Å²) in [6.07, 6.45) is 1.79. The molecule has 0 heterocycles. The van der Waals surface area contributed by atoms with E-state index < -0.39 is 0 Å². The zero-order chi connectivity index (χ0) is 15.3. The molecule has 0 aromatic heterocycles. The van der Waals surface area contributed by atoms with Crippen molar-refractivity contribution in [2.75, 3.05) is 26.5 Å². The summed E-state index contributed by atoms with van der Waals surface area (Å²) in [6.45, 7) is 1.48. The van der Waals surface area contributed by atoms with Crippen LogP contribution >= 0.6 is 22.6 Å². The van der Waals surface area contributed by atoms with Gasteiger partial charge in [-0.15, -0.1) is 0 Å². The molecule has 0 bridgehead atoms. The van der Waals surface area contributed by atoms with Gasteiger partial charge in [-0.25, -0.2) is 0 Å². The lowest BCUT2D eigenvalue weighted by Crippen LogP contribution is -2.22. The number of hydrogen-bond donors (Lipinski definition) is 1. The molecule has 110 valence electrons. The van der Waals surface area contributed by atoms with Gasteiger partial charge in [-0.3, -0.25) is 9.59 Å². The minimum Gasteiger partial charge on any atom is -0.326 e. The second-order valence-corrected chi connectivity index (χ2v) is 6.77. The molecule has 1 unspecified atom stereocenters. The first-order chi connectivity index (χ1) is 9.31. The molecule has 4 nitrogen and oxygen atoms in total. The van der Waals surface area contributed by atoms with Crippen LogP contribution in [-0.2, 0) is 11.2 Å². The molecule has 1 aromatic carbocycles. The quantitative estimate of drug-likeness (QED) is 0.595. The average molecular weight is 388 g/mol. The largest absolute Gasteiger partial charge is 0.326 e. The highest BCUT2D eigenvalue weighted by atomic mass is 127. The van der Waals surface area contributed by atoms with E-state index >= 15 is 0 Å². The molecular formula is C15H21IN2O2. The highest BCUT2D eigenvalue weighted by Gasteiger charge is 2.24. The van der Waals surface area contributed by atoms with Gasteiger partial charge in [-0.1, -0.05) is 22.6 Å². The Morgan fingerprint density at radius 3 is 2.50 bits per heavy atom. The molecule has 1 atom stereocenters. The number of carbonyl (C=O) groups is 2. The van der Waals surface area contributed by atoms with Gasteiger partial charge >= 0.3 is 0 Å². The Bertz CT molecular complexity index is 498. The summed E-state index contributed by atoms with van der Waals surface area (Å²) in [5, 5.41) is 2.73. The van der Waals surface area contributed by atoms with Crippen molar-refractivity contribution >= 4 is 40.0 Å². The minimum atomic E-state index is -0.0890. The predicted octanol–water partition coefficient (Wildman–Crippen LogP) is 2.76. The van der Waals surface area contributed by atoms with E-state index in [1.807, 2.05) is 38.2 Å². The highest BCUT2D eigenvalue weighted by Crippen LogP contribution is 2.28. The Balaban J connectivity index is 0.000000444. The number of aryl methyl sites for hydroxylation is 1. The topological polar surface area (TPSA) is 49.4 Å². The maximum atomic E-state index is 11.9. The molecule has 1 N–H and O–H groups in total. The zero-order valence-electron chi connectivity index (χ0n) is 12.4. The Morgan fingerprint density at radius 1 is 1.35 bits per heavy atom. The van der Waals surface area contributed by atoms with Crippen LogP contribution in [0, 0.1) is 0 Å². The van der Waals surface area contributed by atoms with Gasteiger partial charge in [0.05, 0.1) is 3.92 Å². The molecule has 0 aliphatic heterocycles. The first kappa shape index (κ1) is 17.1. The van der Waals surface area contributed by atoms with Crippen LogP contribution in [0.5, 0.6) is 0 Å². The number of hydrogen-bond acceptors (Lipinski definition) is 3. The first-order valence-electron chi connectivity index (χ1n) is 6.51. The fraction of sp³-hybridized carbons (Fsp3) is 0.467. The maximum absolute atomic E-state index is 11.9. The maximum Gasteiger partial charge on any atom is 0.221 e. The van der Waals surface area contributed by atoms with Crippen LogP contribution in [0.15, 0.2) is 18.2 Å². The third-order valence-corrected chi connectivity index (χ3v) is 3.83. The smallest absolute Gasteiger partial charge is 0.221 e. The van der Waals surface area contributed by atoms with E-state index in [2.05, 4.69) is 27.9 Å². The van der Waals surface area contributed by atoms with Gasteiger partial charge in [0.15, 0.2) is 5.78 Å². The van der Waals surface area contributed by atoms with Crippen LogP contribution in [0.4, 0.5) is 5.69 Å². The van der Waals surface area contributed by atoms with Gasteiger partial charge in [-0.05, 0) is 57.7 Å². The number of rotatable bonds is 1. The minimum absolute atomic E-state index is 0.0890. The van der Waals surface area contributed by atoms with Crippen LogP contribution in [0.3, 0.4) is 0 Å². The summed E-state index contributed by atoms with van der Waals surface area (Å²) >= 11 is 2.19. The number of nitrogens with zero attached hydrogens (tertiary/aromatic N) is 1. The molecule has 0 saturated carbocycles. The number of nitrogens with one attached hydrogen (secondary N) is 1. The predicted molar refractivity (Wildman–Crippen MR) is 90.8 cm³/mol. The van der Waals surface area contributed by atoms with Crippen LogP contribution < -0.4 is 5.32 Å². The molecule has 1 aliphatic carbocycles. The second kappa shape index (κ2) is 7.73. The van der Waals surface area contributed by atoms with Crippen molar-refractivity contribution in [1.82, 2.24) is 4.90 Å². The van der Waals surface area contributed by atoms with E-state index in [0.29, 0.717) is 0 Å². The summed E-state index contributed by atoms with van der Waals surface area (Å²) in [4.78, 5) is 24.8. The molecule has 2 rings (SSSR count). The molecule has 0 spiro atoms. The lowest BCUT2D eigenvalue weighted by Gasteiger charge is -2.19. The van der Waals surface area contributed by atoms with E-state index in [1.165, 1.54) is 6.92 Å². The number of carbonyl (C=O) groups excluding carboxylic acids is 2. The van der Waals surface area contributed by atoms with Crippen LogP contribution in [-0.4, -0.2) is 41.7 Å². The summed E-state index contributed by atoms with van der Waals surface area (Å²) < 4.78 is 0.0942. The molecule has 0 saturated heterocycles. The van der Waals surface area contributed by atoms with Gasteiger partial charge in [-0.2, -0.15) is 0 Å². The van der Waals surface area contributed by atoms with E-state index in [9.17, 15) is 9.59 Å². The number of ketones is 1. The summed E-state index contributed by atoms with van der Waals surface area (Å²) in [5.74, 6) is 0.116.